The number of β-amino-alcohol motifs (C(OH)–C–C–N with tert-alkyl or cyclic N) is 1. The van der Waals surface area contributed by atoms with Gasteiger partial charge in [0.2, 0.25) is 0 Å². The first-order valence-corrected chi connectivity index (χ1v) is 6.21. The molecule has 0 saturated carbocycles. The molecule has 1 aromatic rings. The van der Waals surface area contributed by atoms with Crippen LogP contribution in [-0.2, 0) is 0 Å². The first-order valence-electron chi connectivity index (χ1n) is 5.42. The summed E-state index contributed by atoms with van der Waals surface area (Å²) < 4.78 is 0.884. The van der Waals surface area contributed by atoms with E-state index < -0.39 is 0 Å². The number of rotatable bonds is 1. The average Bonchev–Trinajstić information content (AvgIpc) is 2.22. The van der Waals surface area contributed by atoms with E-state index in [1.807, 2.05) is 6.07 Å². The summed E-state index contributed by atoms with van der Waals surface area (Å²) in [6, 6.07) is 1.84. The van der Waals surface area contributed by atoms with E-state index in [4.69, 9.17) is 5.73 Å². The fourth-order valence-electron chi connectivity index (χ4n) is 1.92. The molecule has 1 saturated heterocycles. The molecule has 1 aromatic heterocycles. The predicted octanol–water partition coefficient (Wildman–Crippen LogP) is 1.63. The number of pyridine rings is 1. The lowest BCUT2D eigenvalue weighted by atomic mass is 9.96. The van der Waals surface area contributed by atoms with Gasteiger partial charge in [0.1, 0.15) is 5.82 Å². The van der Waals surface area contributed by atoms with Crippen LogP contribution in [0.3, 0.4) is 0 Å². The summed E-state index contributed by atoms with van der Waals surface area (Å²) in [6.07, 6.45) is 2.35. The van der Waals surface area contributed by atoms with E-state index in [2.05, 4.69) is 32.7 Å². The van der Waals surface area contributed by atoms with Crippen LogP contribution in [0.15, 0.2) is 16.7 Å². The number of nitrogen functional groups attached to an aromatic ring is 1. The summed E-state index contributed by atoms with van der Waals surface area (Å²) in [4.78, 5) is 6.40. The van der Waals surface area contributed by atoms with Gasteiger partial charge in [-0.3, -0.25) is 0 Å². The van der Waals surface area contributed by atoms with Crippen molar-refractivity contribution in [2.75, 3.05) is 23.7 Å². The highest BCUT2D eigenvalue weighted by Gasteiger charge is 2.25. The fourth-order valence-corrected chi connectivity index (χ4v) is 2.54. The molecule has 2 heterocycles. The summed E-state index contributed by atoms with van der Waals surface area (Å²) in [6.45, 7) is 3.64. The number of aliphatic hydroxyl groups is 1. The molecule has 2 atom stereocenters. The molecule has 2 unspecified atom stereocenters. The van der Waals surface area contributed by atoms with Crippen molar-refractivity contribution in [2.45, 2.75) is 19.4 Å². The molecule has 0 aliphatic carbocycles. The van der Waals surface area contributed by atoms with E-state index in [1.54, 1.807) is 6.20 Å². The lowest BCUT2D eigenvalue weighted by Gasteiger charge is -2.35. The SMILES string of the molecule is CC1CCN(c2ncc(N)cc2Br)CC1O. The zero-order valence-electron chi connectivity index (χ0n) is 9.23. The molecule has 0 radical (unpaired) electrons. The van der Waals surface area contributed by atoms with Gasteiger partial charge in [-0.25, -0.2) is 4.98 Å². The van der Waals surface area contributed by atoms with E-state index in [0.717, 1.165) is 23.3 Å². The third kappa shape index (κ3) is 2.30. The molecule has 3 N–H and O–H groups in total. The van der Waals surface area contributed by atoms with Gasteiger partial charge in [-0.1, -0.05) is 6.92 Å². The van der Waals surface area contributed by atoms with E-state index in [-0.39, 0.29) is 6.10 Å². The molecule has 88 valence electrons. The van der Waals surface area contributed by atoms with Gasteiger partial charge < -0.3 is 15.7 Å². The van der Waals surface area contributed by atoms with Gasteiger partial charge in [-0.2, -0.15) is 0 Å². The Hall–Kier alpha value is -0.810. The zero-order valence-corrected chi connectivity index (χ0v) is 10.8. The minimum atomic E-state index is -0.278. The standard InChI is InChI=1S/C11H16BrN3O/c1-7-2-3-15(6-10(7)16)11-9(12)4-8(13)5-14-11/h4-5,7,10,16H,2-3,6,13H2,1H3. The van der Waals surface area contributed by atoms with Crippen LogP contribution in [0.4, 0.5) is 11.5 Å². The number of piperidine rings is 1. The minimum absolute atomic E-state index is 0.278. The Labute approximate surface area is 104 Å². The van der Waals surface area contributed by atoms with Crippen LogP contribution in [0, 0.1) is 5.92 Å². The maximum atomic E-state index is 9.85. The van der Waals surface area contributed by atoms with Crippen molar-refractivity contribution >= 4 is 27.4 Å². The van der Waals surface area contributed by atoms with Crippen molar-refractivity contribution in [3.63, 3.8) is 0 Å². The molecule has 4 nitrogen and oxygen atoms in total. The van der Waals surface area contributed by atoms with Crippen molar-refractivity contribution in [3.05, 3.63) is 16.7 Å². The normalized spacial score (nSPS) is 25.8. The molecule has 0 spiro atoms. The molecule has 1 aliphatic heterocycles. The number of aliphatic hydroxyl groups excluding tert-OH is 1. The van der Waals surface area contributed by atoms with Crippen LogP contribution >= 0.6 is 15.9 Å². The fraction of sp³-hybridized carbons (Fsp3) is 0.545. The molecule has 1 aliphatic rings. The first kappa shape index (κ1) is 11.7. The van der Waals surface area contributed by atoms with Crippen LogP contribution in [0.2, 0.25) is 0 Å². The molecular formula is C11H16BrN3O. The number of hydrogen-bond donors (Lipinski definition) is 2. The molecule has 2 rings (SSSR count). The summed E-state index contributed by atoms with van der Waals surface area (Å²) in [5, 5.41) is 9.85. The van der Waals surface area contributed by atoms with Crippen LogP contribution in [0.1, 0.15) is 13.3 Å². The van der Waals surface area contributed by atoms with Crippen molar-refractivity contribution in [3.8, 4) is 0 Å². The van der Waals surface area contributed by atoms with Crippen molar-refractivity contribution in [1.82, 2.24) is 4.98 Å². The van der Waals surface area contributed by atoms with Crippen molar-refractivity contribution < 1.29 is 5.11 Å². The summed E-state index contributed by atoms with van der Waals surface area (Å²) in [5.74, 6) is 1.23. The maximum Gasteiger partial charge on any atom is 0.143 e. The average molecular weight is 286 g/mol. The largest absolute Gasteiger partial charge is 0.397 e. The number of nitrogens with two attached hydrogens (primary N) is 1. The highest BCUT2D eigenvalue weighted by molar-refractivity contribution is 9.10. The lowest BCUT2D eigenvalue weighted by Crippen LogP contribution is -2.43. The van der Waals surface area contributed by atoms with Gasteiger partial charge in [0.25, 0.3) is 0 Å². The van der Waals surface area contributed by atoms with Crippen LogP contribution in [0.25, 0.3) is 0 Å². The highest BCUT2D eigenvalue weighted by Crippen LogP contribution is 2.29. The molecule has 0 aromatic carbocycles. The maximum absolute atomic E-state index is 9.85. The second-order valence-corrected chi connectivity index (χ2v) is 5.21. The van der Waals surface area contributed by atoms with Crippen LogP contribution in [0.5, 0.6) is 0 Å². The molecular weight excluding hydrogens is 270 g/mol. The molecule has 16 heavy (non-hydrogen) atoms. The summed E-state index contributed by atoms with van der Waals surface area (Å²) in [7, 11) is 0. The van der Waals surface area contributed by atoms with Gasteiger partial charge in [0.05, 0.1) is 22.5 Å². The predicted molar refractivity (Wildman–Crippen MR) is 68.4 cm³/mol. The third-order valence-corrected chi connectivity index (χ3v) is 3.64. The van der Waals surface area contributed by atoms with Crippen LogP contribution < -0.4 is 10.6 Å². The Morgan fingerprint density at radius 3 is 3.00 bits per heavy atom. The van der Waals surface area contributed by atoms with E-state index in [1.165, 1.54) is 0 Å². The number of nitrogens with zero attached hydrogens (tertiary/aromatic N) is 2. The van der Waals surface area contributed by atoms with Gasteiger partial charge in [-0.15, -0.1) is 0 Å². The second kappa shape index (κ2) is 4.59. The van der Waals surface area contributed by atoms with Crippen molar-refractivity contribution in [2.24, 2.45) is 5.92 Å². The lowest BCUT2D eigenvalue weighted by molar-refractivity contribution is 0.102. The monoisotopic (exact) mass is 285 g/mol. The summed E-state index contributed by atoms with van der Waals surface area (Å²) >= 11 is 3.45. The van der Waals surface area contributed by atoms with Gasteiger partial charge in [0, 0.05) is 13.1 Å². The number of halogens is 1. The van der Waals surface area contributed by atoms with Gasteiger partial charge in [0.15, 0.2) is 0 Å². The molecule has 0 bridgehead atoms. The number of hydrogen-bond acceptors (Lipinski definition) is 4. The van der Waals surface area contributed by atoms with E-state index in [9.17, 15) is 5.11 Å². The molecule has 5 heteroatoms. The quantitative estimate of drug-likeness (QED) is 0.823. The minimum Gasteiger partial charge on any atom is -0.397 e. The van der Waals surface area contributed by atoms with Gasteiger partial charge >= 0.3 is 0 Å². The van der Waals surface area contributed by atoms with Crippen LogP contribution in [-0.4, -0.2) is 29.3 Å². The topological polar surface area (TPSA) is 62.4 Å². The first-order chi connectivity index (χ1) is 7.58. The molecule has 1 fully saturated rings. The Morgan fingerprint density at radius 2 is 2.38 bits per heavy atom. The second-order valence-electron chi connectivity index (χ2n) is 4.35. The van der Waals surface area contributed by atoms with Gasteiger partial charge in [-0.05, 0) is 34.3 Å². The Balaban J connectivity index is 2.18. The Morgan fingerprint density at radius 1 is 1.62 bits per heavy atom. The Bertz CT molecular complexity index is 385. The van der Waals surface area contributed by atoms with E-state index in [0.29, 0.717) is 18.2 Å². The number of anilines is 2. The summed E-state index contributed by atoms with van der Waals surface area (Å²) in [5.41, 5.74) is 6.29. The zero-order chi connectivity index (χ0) is 11.7. The number of aromatic nitrogens is 1. The molecule has 0 amide bonds. The van der Waals surface area contributed by atoms with E-state index >= 15 is 0 Å². The third-order valence-electron chi connectivity index (χ3n) is 3.06. The highest BCUT2D eigenvalue weighted by atomic mass is 79.9. The smallest absolute Gasteiger partial charge is 0.143 e. The van der Waals surface area contributed by atoms with Crippen molar-refractivity contribution in [1.29, 1.82) is 0 Å². The Kier molecular flexibility index (Phi) is 3.35.